The van der Waals surface area contributed by atoms with Gasteiger partial charge in [-0.15, -0.1) is 0 Å². The Kier molecular flexibility index (Phi) is 4.82. The first-order chi connectivity index (χ1) is 9.10. The molecule has 1 aromatic carbocycles. The molecule has 1 fully saturated rings. The maximum Gasteiger partial charge on any atom is 0.238 e. The Morgan fingerprint density at radius 2 is 2.37 bits per heavy atom. The van der Waals surface area contributed by atoms with Crippen LogP contribution in [-0.4, -0.2) is 29.9 Å². The number of anilines is 2. The number of hydrogen-bond acceptors (Lipinski definition) is 3. The van der Waals surface area contributed by atoms with Crippen molar-refractivity contribution in [1.29, 1.82) is 0 Å². The van der Waals surface area contributed by atoms with Crippen molar-refractivity contribution in [3.05, 3.63) is 22.7 Å². The van der Waals surface area contributed by atoms with Crippen LogP contribution in [0.3, 0.4) is 0 Å². The summed E-state index contributed by atoms with van der Waals surface area (Å²) in [6, 6.07) is 5.95. The van der Waals surface area contributed by atoms with Crippen LogP contribution in [-0.2, 0) is 4.79 Å². The van der Waals surface area contributed by atoms with Crippen LogP contribution in [0.25, 0.3) is 0 Å². The Labute approximate surface area is 122 Å². The smallest absolute Gasteiger partial charge is 0.238 e. The normalized spacial score (nSPS) is 19.6. The molecule has 1 atom stereocenters. The summed E-state index contributed by atoms with van der Waals surface area (Å²) in [5.41, 5.74) is 7.12. The molecular formula is C14H20BrN3O. The summed E-state index contributed by atoms with van der Waals surface area (Å²) in [5.74, 6) is 0.0332. The third-order valence-corrected chi connectivity index (χ3v) is 4.24. The topological polar surface area (TPSA) is 58.4 Å². The highest BCUT2D eigenvalue weighted by Gasteiger charge is 2.24. The fourth-order valence-corrected chi connectivity index (χ4v) is 3.07. The van der Waals surface area contributed by atoms with Crippen LogP contribution in [0.1, 0.15) is 26.2 Å². The lowest BCUT2D eigenvalue weighted by Gasteiger charge is -2.22. The van der Waals surface area contributed by atoms with Gasteiger partial charge in [0.15, 0.2) is 0 Å². The van der Waals surface area contributed by atoms with Gasteiger partial charge >= 0.3 is 0 Å². The summed E-state index contributed by atoms with van der Waals surface area (Å²) in [4.78, 5) is 14.3. The molecule has 0 aliphatic carbocycles. The van der Waals surface area contributed by atoms with Gasteiger partial charge in [0.05, 0.1) is 12.2 Å². The van der Waals surface area contributed by atoms with Gasteiger partial charge < -0.3 is 11.1 Å². The number of benzene rings is 1. The van der Waals surface area contributed by atoms with Crippen molar-refractivity contribution in [2.45, 2.75) is 32.2 Å². The van der Waals surface area contributed by atoms with E-state index < -0.39 is 0 Å². The van der Waals surface area contributed by atoms with E-state index in [1.165, 1.54) is 12.8 Å². The van der Waals surface area contributed by atoms with Crippen molar-refractivity contribution in [3.8, 4) is 0 Å². The zero-order chi connectivity index (χ0) is 13.8. The van der Waals surface area contributed by atoms with Gasteiger partial charge in [0.1, 0.15) is 0 Å². The lowest BCUT2D eigenvalue weighted by Crippen LogP contribution is -2.36. The monoisotopic (exact) mass is 325 g/mol. The van der Waals surface area contributed by atoms with E-state index in [4.69, 9.17) is 5.73 Å². The van der Waals surface area contributed by atoms with Crippen LogP contribution in [0, 0.1) is 0 Å². The van der Waals surface area contributed by atoms with E-state index in [1.54, 1.807) is 12.1 Å². The van der Waals surface area contributed by atoms with Crippen molar-refractivity contribution in [2.75, 3.05) is 24.1 Å². The van der Waals surface area contributed by atoms with Gasteiger partial charge in [0, 0.05) is 16.2 Å². The molecule has 19 heavy (non-hydrogen) atoms. The predicted molar refractivity (Wildman–Crippen MR) is 82.1 cm³/mol. The zero-order valence-electron chi connectivity index (χ0n) is 11.2. The van der Waals surface area contributed by atoms with E-state index in [1.807, 2.05) is 6.07 Å². The van der Waals surface area contributed by atoms with Crippen molar-refractivity contribution < 1.29 is 4.79 Å². The third-order valence-electron chi connectivity index (χ3n) is 3.58. The summed E-state index contributed by atoms with van der Waals surface area (Å²) in [5, 5.41) is 2.93. The van der Waals surface area contributed by atoms with Gasteiger partial charge in [-0.25, -0.2) is 0 Å². The second kappa shape index (κ2) is 6.39. The number of carbonyl (C=O) groups is 1. The number of carbonyl (C=O) groups excluding carboxylic acids is 1. The minimum Gasteiger partial charge on any atom is -0.399 e. The van der Waals surface area contributed by atoms with E-state index in [0.717, 1.165) is 23.1 Å². The molecule has 0 spiro atoms. The standard InChI is InChI=1S/C14H20BrN3O/c1-2-11-4-3-7-18(11)9-14(19)17-13-6-5-10(16)8-12(13)15/h5-6,8,11H,2-4,7,9,16H2,1H3,(H,17,19). The van der Waals surface area contributed by atoms with Crippen LogP contribution in [0.2, 0.25) is 0 Å². The fourth-order valence-electron chi connectivity index (χ4n) is 2.57. The SMILES string of the molecule is CCC1CCCN1CC(=O)Nc1ccc(N)cc1Br. The summed E-state index contributed by atoms with van der Waals surface area (Å²) in [6.07, 6.45) is 3.51. The molecule has 4 nitrogen and oxygen atoms in total. The molecule has 5 heteroatoms. The maximum atomic E-state index is 12.1. The van der Waals surface area contributed by atoms with Gasteiger partial charge in [-0.1, -0.05) is 6.92 Å². The minimum absolute atomic E-state index is 0.0332. The first-order valence-corrected chi connectivity index (χ1v) is 7.48. The number of nitrogens with zero attached hydrogens (tertiary/aromatic N) is 1. The average molecular weight is 326 g/mol. The highest BCUT2D eigenvalue weighted by molar-refractivity contribution is 9.10. The van der Waals surface area contributed by atoms with Crippen LogP contribution in [0.5, 0.6) is 0 Å². The Balaban J connectivity index is 1.94. The summed E-state index contributed by atoms with van der Waals surface area (Å²) >= 11 is 3.41. The molecular weight excluding hydrogens is 306 g/mol. The first kappa shape index (κ1) is 14.3. The van der Waals surface area contributed by atoms with E-state index >= 15 is 0 Å². The van der Waals surface area contributed by atoms with E-state index in [9.17, 15) is 4.79 Å². The van der Waals surface area contributed by atoms with Crippen molar-refractivity contribution in [2.24, 2.45) is 0 Å². The number of rotatable bonds is 4. The Morgan fingerprint density at radius 3 is 3.05 bits per heavy atom. The van der Waals surface area contributed by atoms with E-state index in [0.29, 0.717) is 18.3 Å². The van der Waals surface area contributed by atoms with Gasteiger partial charge in [-0.05, 0) is 59.9 Å². The van der Waals surface area contributed by atoms with Gasteiger partial charge in [-0.3, -0.25) is 9.69 Å². The molecule has 0 radical (unpaired) electrons. The number of nitrogens with one attached hydrogen (secondary N) is 1. The number of amides is 1. The second-order valence-electron chi connectivity index (χ2n) is 4.96. The molecule has 1 aliphatic rings. The Hall–Kier alpha value is -1.07. The van der Waals surface area contributed by atoms with Crippen LogP contribution < -0.4 is 11.1 Å². The average Bonchev–Trinajstić information content (AvgIpc) is 2.80. The van der Waals surface area contributed by atoms with Crippen molar-refractivity contribution >= 4 is 33.2 Å². The Bertz CT molecular complexity index is 464. The molecule has 1 amide bonds. The maximum absolute atomic E-state index is 12.1. The Morgan fingerprint density at radius 1 is 1.58 bits per heavy atom. The lowest BCUT2D eigenvalue weighted by atomic mass is 10.2. The molecule has 104 valence electrons. The molecule has 2 rings (SSSR count). The molecule has 3 N–H and O–H groups in total. The molecule has 1 heterocycles. The number of halogens is 1. The fraction of sp³-hybridized carbons (Fsp3) is 0.500. The summed E-state index contributed by atoms with van der Waals surface area (Å²) < 4.78 is 0.814. The first-order valence-electron chi connectivity index (χ1n) is 6.69. The van der Waals surface area contributed by atoms with Crippen molar-refractivity contribution in [1.82, 2.24) is 4.90 Å². The summed E-state index contributed by atoms with van der Waals surface area (Å²) in [6.45, 7) is 3.67. The molecule has 0 saturated carbocycles. The zero-order valence-corrected chi connectivity index (χ0v) is 12.7. The van der Waals surface area contributed by atoms with E-state index in [-0.39, 0.29) is 5.91 Å². The van der Waals surface area contributed by atoms with Crippen LogP contribution >= 0.6 is 15.9 Å². The molecule has 0 bridgehead atoms. The molecule has 1 aliphatic heterocycles. The minimum atomic E-state index is 0.0332. The number of nitrogens with two attached hydrogens (primary N) is 1. The molecule has 1 aromatic rings. The summed E-state index contributed by atoms with van der Waals surface area (Å²) in [7, 11) is 0. The van der Waals surface area contributed by atoms with Crippen molar-refractivity contribution in [3.63, 3.8) is 0 Å². The molecule has 1 saturated heterocycles. The highest BCUT2D eigenvalue weighted by Crippen LogP contribution is 2.25. The largest absolute Gasteiger partial charge is 0.399 e. The quantitative estimate of drug-likeness (QED) is 0.837. The lowest BCUT2D eigenvalue weighted by molar-refractivity contribution is -0.117. The molecule has 1 unspecified atom stereocenters. The van der Waals surface area contributed by atoms with Crippen LogP contribution in [0.15, 0.2) is 22.7 Å². The third kappa shape index (κ3) is 3.70. The number of likely N-dealkylation sites (tertiary alicyclic amines) is 1. The van der Waals surface area contributed by atoms with Crippen LogP contribution in [0.4, 0.5) is 11.4 Å². The highest BCUT2D eigenvalue weighted by atomic mass is 79.9. The predicted octanol–water partition coefficient (Wildman–Crippen LogP) is 2.84. The van der Waals surface area contributed by atoms with Gasteiger partial charge in [0.25, 0.3) is 0 Å². The van der Waals surface area contributed by atoms with Gasteiger partial charge in [-0.2, -0.15) is 0 Å². The second-order valence-corrected chi connectivity index (χ2v) is 5.82. The molecule has 0 aromatic heterocycles. The number of nitrogen functional groups attached to an aromatic ring is 1. The van der Waals surface area contributed by atoms with E-state index in [2.05, 4.69) is 33.1 Å². The van der Waals surface area contributed by atoms with Gasteiger partial charge in [0.2, 0.25) is 5.91 Å². The number of hydrogen-bond donors (Lipinski definition) is 2.